The fourth-order valence-corrected chi connectivity index (χ4v) is 2.81. The topological polar surface area (TPSA) is 61.3 Å². The molecule has 1 aromatic carbocycles. The molecule has 2 N–H and O–H groups in total. The smallest absolute Gasteiger partial charge is 0.393 e. The summed E-state index contributed by atoms with van der Waals surface area (Å²) in [5.41, 5.74) is -0.0240. The highest BCUT2D eigenvalue weighted by Crippen LogP contribution is 2.28. The van der Waals surface area contributed by atoms with Gasteiger partial charge in [-0.15, -0.1) is 0 Å². The third kappa shape index (κ3) is 4.40. The summed E-state index contributed by atoms with van der Waals surface area (Å²) in [5.74, 6) is -0.583. The number of hydrogen-bond acceptors (Lipinski definition) is 5. The molecule has 0 amide bonds. The molecule has 5 nitrogen and oxygen atoms in total. The number of nitrogens with one attached hydrogen (secondary N) is 1. The summed E-state index contributed by atoms with van der Waals surface area (Å²) in [5, 5.41) is 12.2. The van der Waals surface area contributed by atoms with Crippen molar-refractivity contribution < 1.29 is 22.7 Å². The molecule has 140 valence electrons. The number of aliphatic hydroxyl groups is 1. The monoisotopic (exact) mass is 370 g/mol. The molecule has 1 aliphatic rings. The average Bonchev–Trinajstić information content (AvgIpc) is 2.61. The van der Waals surface area contributed by atoms with Crippen molar-refractivity contribution in [2.24, 2.45) is 0 Å². The molecule has 1 aliphatic heterocycles. The van der Waals surface area contributed by atoms with Crippen LogP contribution in [0.4, 0.5) is 29.2 Å². The first-order chi connectivity index (χ1) is 12.3. The summed E-state index contributed by atoms with van der Waals surface area (Å²) in [6, 6.07) is 5.46. The molecule has 0 radical (unpaired) electrons. The van der Waals surface area contributed by atoms with Gasteiger partial charge in [0.05, 0.1) is 11.8 Å². The van der Waals surface area contributed by atoms with Crippen LogP contribution in [0.15, 0.2) is 30.5 Å². The normalized spacial score (nSPS) is 16.0. The first kappa shape index (κ1) is 18.4. The molecule has 1 fully saturated rings. The minimum Gasteiger partial charge on any atom is -0.393 e. The SMILES string of the molecule is OC1CCN(c2ccc(CNc3nccc(C(F)(F)F)n3)cc2F)CC1. The zero-order chi connectivity index (χ0) is 18.7. The Morgan fingerprint density at radius 3 is 2.58 bits per heavy atom. The van der Waals surface area contributed by atoms with Gasteiger partial charge in [-0.05, 0) is 36.6 Å². The van der Waals surface area contributed by atoms with Gasteiger partial charge in [0.1, 0.15) is 11.5 Å². The molecule has 3 rings (SSSR count). The minimum atomic E-state index is -4.55. The van der Waals surface area contributed by atoms with E-state index in [1.54, 1.807) is 12.1 Å². The van der Waals surface area contributed by atoms with Crippen molar-refractivity contribution in [2.75, 3.05) is 23.3 Å². The van der Waals surface area contributed by atoms with E-state index in [1.165, 1.54) is 6.07 Å². The molecule has 0 aliphatic carbocycles. The predicted octanol–water partition coefficient (Wildman–Crippen LogP) is 3.21. The maximum Gasteiger partial charge on any atom is 0.433 e. The highest BCUT2D eigenvalue weighted by molar-refractivity contribution is 5.50. The molecule has 2 heterocycles. The lowest BCUT2D eigenvalue weighted by Crippen LogP contribution is -2.36. The van der Waals surface area contributed by atoms with E-state index < -0.39 is 17.7 Å². The van der Waals surface area contributed by atoms with E-state index in [-0.39, 0.29) is 18.6 Å². The van der Waals surface area contributed by atoms with Crippen LogP contribution < -0.4 is 10.2 Å². The minimum absolute atomic E-state index is 0.0945. The molecular formula is C17H18F4N4O. The van der Waals surface area contributed by atoms with Crippen molar-refractivity contribution in [2.45, 2.75) is 31.7 Å². The first-order valence-corrected chi connectivity index (χ1v) is 8.18. The number of nitrogens with zero attached hydrogens (tertiary/aromatic N) is 3. The average molecular weight is 370 g/mol. The number of alkyl halides is 3. The van der Waals surface area contributed by atoms with Gasteiger partial charge >= 0.3 is 6.18 Å². The van der Waals surface area contributed by atoms with Gasteiger partial charge in [-0.2, -0.15) is 13.2 Å². The molecule has 1 saturated heterocycles. The Labute approximate surface area is 147 Å². The van der Waals surface area contributed by atoms with Gasteiger partial charge in [0.15, 0.2) is 0 Å². The highest BCUT2D eigenvalue weighted by atomic mass is 19.4. The first-order valence-electron chi connectivity index (χ1n) is 8.18. The zero-order valence-corrected chi connectivity index (χ0v) is 13.8. The Hall–Kier alpha value is -2.42. The highest BCUT2D eigenvalue weighted by Gasteiger charge is 2.32. The van der Waals surface area contributed by atoms with Crippen LogP contribution in [-0.4, -0.2) is 34.3 Å². The number of hydrogen-bond donors (Lipinski definition) is 2. The lowest BCUT2D eigenvalue weighted by molar-refractivity contribution is -0.141. The summed E-state index contributed by atoms with van der Waals surface area (Å²) in [6.07, 6.45) is -2.68. The van der Waals surface area contributed by atoms with Crippen molar-refractivity contribution >= 4 is 11.6 Å². The van der Waals surface area contributed by atoms with Gasteiger partial charge in [0.25, 0.3) is 0 Å². The molecule has 2 aromatic rings. The Balaban J connectivity index is 1.65. The summed E-state index contributed by atoms with van der Waals surface area (Å²) < 4.78 is 52.3. The molecule has 26 heavy (non-hydrogen) atoms. The van der Waals surface area contributed by atoms with E-state index >= 15 is 0 Å². The van der Waals surface area contributed by atoms with Crippen molar-refractivity contribution in [1.82, 2.24) is 9.97 Å². The second kappa shape index (κ2) is 7.45. The second-order valence-electron chi connectivity index (χ2n) is 6.12. The number of anilines is 2. The van der Waals surface area contributed by atoms with Crippen LogP contribution in [0.1, 0.15) is 24.1 Å². The summed E-state index contributed by atoms with van der Waals surface area (Å²) in [4.78, 5) is 9.02. The van der Waals surface area contributed by atoms with Crippen LogP contribution in [0.2, 0.25) is 0 Å². The molecule has 0 bridgehead atoms. The van der Waals surface area contributed by atoms with Crippen LogP contribution in [0.3, 0.4) is 0 Å². The second-order valence-corrected chi connectivity index (χ2v) is 6.12. The van der Waals surface area contributed by atoms with Crippen LogP contribution in [-0.2, 0) is 12.7 Å². The van der Waals surface area contributed by atoms with Gasteiger partial charge in [0, 0.05) is 25.8 Å². The van der Waals surface area contributed by atoms with Gasteiger partial charge in [-0.1, -0.05) is 6.07 Å². The third-order valence-corrected chi connectivity index (χ3v) is 4.21. The molecule has 0 atom stereocenters. The lowest BCUT2D eigenvalue weighted by atomic mass is 10.1. The van der Waals surface area contributed by atoms with E-state index in [9.17, 15) is 22.7 Å². The van der Waals surface area contributed by atoms with Crippen LogP contribution in [0, 0.1) is 5.82 Å². The standard InChI is InChI=1S/C17H18F4N4O/c18-13-9-11(1-2-14(13)25-7-4-12(26)5-8-25)10-23-16-22-6-3-15(24-16)17(19,20)21/h1-3,6,9,12,26H,4-5,7-8,10H2,(H,22,23,24). The quantitative estimate of drug-likeness (QED) is 0.810. The molecule has 9 heteroatoms. The molecule has 0 saturated carbocycles. The van der Waals surface area contributed by atoms with Gasteiger partial charge in [-0.25, -0.2) is 14.4 Å². The van der Waals surface area contributed by atoms with Gasteiger partial charge in [-0.3, -0.25) is 0 Å². The Bertz CT molecular complexity index is 761. The van der Waals surface area contributed by atoms with Gasteiger partial charge < -0.3 is 15.3 Å². The largest absolute Gasteiger partial charge is 0.433 e. The van der Waals surface area contributed by atoms with Crippen molar-refractivity contribution in [1.29, 1.82) is 0 Å². The van der Waals surface area contributed by atoms with Crippen LogP contribution >= 0.6 is 0 Å². The number of halogens is 4. The fraction of sp³-hybridized carbons (Fsp3) is 0.412. The van der Waals surface area contributed by atoms with E-state index in [0.29, 0.717) is 37.2 Å². The van der Waals surface area contributed by atoms with Crippen molar-refractivity contribution in [3.05, 3.63) is 47.5 Å². The number of aromatic nitrogens is 2. The maximum absolute atomic E-state index is 14.4. The van der Waals surface area contributed by atoms with Crippen LogP contribution in [0.5, 0.6) is 0 Å². The van der Waals surface area contributed by atoms with Gasteiger partial charge in [0.2, 0.25) is 5.95 Å². The molecule has 0 unspecified atom stereocenters. The number of aliphatic hydroxyl groups excluding tert-OH is 1. The van der Waals surface area contributed by atoms with Crippen molar-refractivity contribution in [3.8, 4) is 0 Å². The Kier molecular flexibility index (Phi) is 5.26. The van der Waals surface area contributed by atoms with Crippen LogP contribution in [0.25, 0.3) is 0 Å². The number of piperidine rings is 1. The Morgan fingerprint density at radius 2 is 1.92 bits per heavy atom. The third-order valence-electron chi connectivity index (χ3n) is 4.21. The van der Waals surface area contributed by atoms with E-state index in [2.05, 4.69) is 15.3 Å². The summed E-state index contributed by atoms with van der Waals surface area (Å²) in [6.45, 7) is 1.25. The number of rotatable bonds is 4. The lowest BCUT2D eigenvalue weighted by Gasteiger charge is -2.31. The number of benzene rings is 1. The predicted molar refractivity (Wildman–Crippen MR) is 88.2 cm³/mol. The van der Waals surface area contributed by atoms with E-state index in [0.717, 1.165) is 12.3 Å². The Morgan fingerprint density at radius 1 is 1.19 bits per heavy atom. The fourth-order valence-electron chi connectivity index (χ4n) is 2.81. The van der Waals surface area contributed by atoms with E-state index in [1.807, 2.05) is 4.90 Å². The zero-order valence-electron chi connectivity index (χ0n) is 13.8. The van der Waals surface area contributed by atoms with Crippen molar-refractivity contribution in [3.63, 3.8) is 0 Å². The molecule has 1 aromatic heterocycles. The molecule has 0 spiro atoms. The van der Waals surface area contributed by atoms with E-state index in [4.69, 9.17) is 0 Å². The molecular weight excluding hydrogens is 352 g/mol. The summed E-state index contributed by atoms with van der Waals surface area (Å²) >= 11 is 0. The summed E-state index contributed by atoms with van der Waals surface area (Å²) in [7, 11) is 0. The maximum atomic E-state index is 14.4.